The summed E-state index contributed by atoms with van der Waals surface area (Å²) in [6.07, 6.45) is 5.52. The van der Waals surface area contributed by atoms with E-state index in [1.807, 2.05) is 0 Å². The summed E-state index contributed by atoms with van der Waals surface area (Å²) in [7, 11) is 0. The molecule has 1 aromatic rings. The second kappa shape index (κ2) is 4.83. The highest BCUT2D eigenvalue weighted by atomic mass is 19.1. The molecule has 0 atom stereocenters. The Bertz CT molecular complexity index is 527. The highest BCUT2D eigenvalue weighted by molar-refractivity contribution is 5.78. The molecule has 0 aromatic heterocycles. The Labute approximate surface area is 105 Å². The summed E-state index contributed by atoms with van der Waals surface area (Å²) < 4.78 is 13.5. The molecule has 3 nitrogen and oxygen atoms in total. The van der Waals surface area contributed by atoms with Crippen molar-refractivity contribution in [2.45, 2.75) is 38.1 Å². The fourth-order valence-electron chi connectivity index (χ4n) is 2.69. The minimum absolute atomic E-state index is 0.277. The molecular formula is C14H14FNO2. The summed E-state index contributed by atoms with van der Waals surface area (Å²) in [5.41, 5.74) is 0.704. The van der Waals surface area contributed by atoms with Crippen LogP contribution in [0.15, 0.2) is 17.1 Å². The van der Waals surface area contributed by atoms with E-state index in [1.165, 1.54) is 6.07 Å². The van der Waals surface area contributed by atoms with Crippen LogP contribution in [0.2, 0.25) is 0 Å². The lowest BCUT2D eigenvalue weighted by Crippen LogP contribution is -2.21. The van der Waals surface area contributed by atoms with E-state index >= 15 is 0 Å². The van der Waals surface area contributed by atoms with Crippen molar-refractivity contribution in [3.8, 4) is 0 Å². The monoisotopic (exact) mass is 247 g/mol. The zero-order valence-corrected chi connectivity index (χ0v) is 10.2. The van der Waals surface area contributed by atoms with Crippen molar-refractivity contribution >= 4 is 12.4 Å². The van der Waals surface area contributed by atoms with Crippen molar-refractivity contribution in [3.05, 3.63) is 34.6 Å². The van der Waals surface area contributed by atoms with E-state index in [2.05, 4.69) is 4.99 Å². The van der Waals surface area contributed by atoms with Gasteiger partial charge in [-0.05, 0) is 43.0 Å². The number of carbonyl (C=O) groups excluding carboxylic acids is 2. The molecule has 0 heterocycles. The van der Waals surface area contributed by atoms with E-state index in [1.54, 1.807) is 19.1 Å². The molecular weight excluding hydrogens is 233 g/mol. The van der Waals surface area contributed by atoms with Gasteiger partial charge in [0.05, 0.1) is 5.54 Å². The molecule has 0 aliphatic heterocycles. The zero-order valence-electron chi connectivity index (χ0n) is 10.2. The summed E-state index contributed by atoms with van der Waals surface area (Å²) >= 11 is 0. The SMILES string of the molecule is Cc1cc(C2(N=C=O)CCCC2)c(C=O)cc1F. The van der Waals surface area contributed by atoms with Crippen LogP contribution in [0.25, 0.3) is 0 Å². The Hall–Kier alpha value is -1.80. The summed E-state index contributed by atoms with van der Waals surface area (Å²) in [5.74, 6) is -0.413. The van der Waals surface area contributed by atoms with Crippen molar-refractivity contribution in [3.63, 3.8) is 0 Å². The van der Waals surface area contributed by atoms with Gasteiger partial charge in [-0.2, -0.15) is 4.99 Å². The maximum atomic E-state index is 13.5. The lowest BCUT2D eigenvalue weighted by molar-refractivity contribution is 0.112. The van der Waals surface area contributed by atoms with E-state index in [0.717, 1.165) is 12.8 Å². The van der Waals surface area contributed by atoms with Crippen LogP contribution < -0.4 is 0 Å². The van der Waals surface area contributed by atoms with Crippen LogP contribution in [-0.2, 0) is 10.3 Å². The lowest BCUT2D eigenvalue weighted by Gasteiger charge is -2.25. The Morgan fingerprint density at radius 1 is 1.39 bits per heavy atom. The number of rotatable bonds is 3. The topological polar surface area (TPSA) is 46.5 Å². The number of aryl methyl sites for hydroxylation is 1. The number of halogens is 1. The molecule has 1 aromatic carbocycles. The first-order valence-electron chi connectivity index (χ1n) is 5.98. The van der Waals surface area contributed by atoms with Crippen molar-refractivity contribution < 1.29 is 14.0 Å². The number of nitrogens with zero attached hydrogens (tertiary/aromatic N) is 1. The second-order valence-electron chi connectivity index (χ2n) is 4.75. The number of hydrogen-bond acceptors (Lipinski definition) is 3. The molecule has 0 unspecified atom stereocenters. The maximum Gasteiger partial charge on any atom is 0.235 e. The number of aliphatic imine (C=N–C) groups is 1. The van der Waals surface area contributed by atoms with Gasteiger partial charge in [-0.15, -0.1) is 0 Å². The molecule has 0 bridgehead atoms. The minimum atomic E-state index is -0.684. The number of aldehydes is 1. The van der Waals surface area contributed by atoms with Crippen LogP contribution in [0.4, 0.5) is 4.39 Å². The van der Waals surface area contributed by atoms with Crippen molar-refractivity contribution in [1.29, 1.82) is 0 Å². The van der Waals surface area contributed by atoms with E-state index in [4.69, 9.17) is 0 Å². The molecule has 1 aliphatic rings. The summed E-state index contributed by atoms with van der Waals surface area (Å²) in [5, 5.41) is 0. The Morgan fingerprint density at radius 2 is 2.06 bits per heavy atom. The van der Waals surface area contributed by atoms with Crippen LogP contribution in [0, 0.1) is 12.7 Å². The summed E-state index contributed by atoms with van der Waals surface area (Å²) in [6.45, 7) is 1.64. The molecule has 0 radical (unpaired) electrons. The first kappa shape index (κ1) is 12.7. The van der Waals surface area contributed by atoms with Crippen LogP contribution >= 0.6 is 0 Å². The first-order chi connectivity index (χ1) is 8.63. The predicted molar refractivity (Wildman–Crippen MR) is 64.8 cm³/mol. The molecule has 1 fully saturated rings. The number of benzene rings is 1. The molecule has 4 heteroatoms. The van der Waals surface area contributed by atoms with Crippen LogP contribution in [-0.4, -0.2) is 12.4 Å². The first-order valence-corrected chi connectivity index (χ1v) is 5.98. The molecule has 1 saturated carbocycles. The van der Waals surface area contributed by atoms with Crippen LogP contribution in [0.3, 0.4) is 0 Å². The molecule has 94 valence electrons. The number of hydrogen-bond donors (Lipinski definition) is 0. The quantitative estimate of drug-likeness (QED) is 0.468. The normalized spacial score (nSPS) is 17.2. The van der Waals surface area contributed by atoms with Gasteiger partial charge in [0.25, 0.3) is 0 Å². The van der Waals surface area contributed by atoms with Gasteiger partial charge in [0.2, 0.25) is 6.08 Å². The largest absolute Gasteiger partial charge is 0.298 e. The average molecular weight is 247 g/mol. The summed E-state index contributed by atoms with van der Waals surface area (Å²) in [6, 6.07) is 2.85. The third kappa shape index (κ3) is 2.00. The van der Waals surface area contributed by atoms with Gasteiger partial charge in [0, 0.05) is 5.56 Å². The zero-order chi connectivity index (χ0) is 13.2. The van der Waals surface area contributed by atoms with Gasteiger partial charge in [0.15, 0.2) is 6.29 Å². The highest BCUT2D eigenvalue weighted by Gasteiger charge is 2.37. The Morgan fingerprint density at radius 3 is 2.61 bits per heavy atom. The maximum absolute atomic E-state index is 13.5. The van der Waals surface area contributed by atoms with E-state index < -0.39 is 11.4 Å². The minimum Gasteiger partial charge on any atom is -0.298 e. The standard InChI is InChI=1S/C14H14FNO2/c1-10-6-12(11(8-17)7-13(10)15)14(16-9-18)4-2-3-5-14/h6-8H,2-5H2,1H3. The molecule has 2 rings (SSSR count). The van der Waals surface area contributed by atoms with E-state index in [9.17, 15) is 14.0 Å². The fourth-order valence-corrected chi connectivity index (χ4v) is 2.69. The molecule has 0 saturated heterocycles. The van der Waals surface area contributed by atoms with Gasteiger partial charge in [0.1, 0.15) is 5.82 Å². The van der Waals surface area contributed by atoms with E-state index in [0.29, 0.717) is 30.3 Å². The van der Waals surface area contributed by atoms with Crippen molar-refractivity contribution in [2.75, 3.05) is 0 Å². The third-order valence-corrected chi connectivity index (χ3v) is 3.65. The van der Waals surface area contributed by atoms with Crippen molar-refractivity contribution in [2.24, 2.45) is 4.99 Å². The Balaban J connectivity index is 2.64. The van der Waals surface area contributed by atoms with Crippen molar-refractivity contribution in [1.82, 2.24) is 0 Å². The van der Waals surface area contributed by atoms with Gasteiger partial charge in [-0.25, -0.2) is 9.18 Å². The molecule has 0 spiro atoms. The molecule has 1 aliphatic carbocycles. The van der Waals surface area contributed by atoms with E-state index in [-0.39, 0.29) is 5.56 Å². The number of isocyanates is 1. The molecule has 18 heavy (non-hydrogen) atoms. The second-order valence-corrected chi connectivity index (χ2v) is 4.75. The van der Waals surface area contributed by atoms with Gasteiger partial charge < -0.3 is 0 Å². The average Bonchev–Trinajstić information content (AvgIpc) is 2.82. The molecule has 0 amide bonds. The smallest absolute Gasteiger partial charge is 0.235 e. The van der Waals surface area contributed by atoms with Gasteiger partial charge >= 0.3 is 0 Å². The van der Waals surface area contributed by atoms with Gasteiger partial charge in [-0.1, -0.05) is 12.8 Å². The Kier molecular flexibility index (Phi) is 3.39. The van der Waals surface area contributed by atoms with Crippen LogP contribution in [0.1, 0.15) is 47.2 Å². The number of carbonyl (C=O) groups is 1. The predicted octanol–water partition coefficient (Wildman–Crippen LogP) is 3.05. The fraction of sp³-hybridized carbons (Fsp3) is 0.429. The highest BCUT2D eigenvalue weighted by Crippen LogP contribution is 2.43. The summed E-state index contributed by atoms with van der Waals surface area (Å²) in [4.78, 5) is 25.6. The van der Waals surface area contributed by atoms with Gasteiger partial charge in [-0.3, -0.25) is 4.79 Å². The molecule has 0 N–H and O–H groups in total. The van der Waals surface area contributed by atoms with Crippen LogP contribution in [0.5, 0.6) is 0 Å². The lowest BCUT2D eigenvalue weighted by atomic mass is 9.84. The third-order valence-electron chi connectivity index (χ3n) is 3.65.